The lowest BCUT2D eigenvalue weighted by atomic mass is 10.1. The van der Waals surface area contributed by atoms with E-state index in [0.717, 1.165) is 0 Å². The van der Waals surface area contributed by atoms with Gasteiger partial charge in [-0.1, -0.05) is 12.1 Å². The largest absolute Gasteiger partial charge is 0.481 e. The summed E-state index contributed by atoms with van der Waals surface area (Å²) in [6.45, 7) is 0.403. The lowest BCUT2D eigenvalue weighted by molar-refractivity contribution is -0.136. The Bertz CT molecular complexity index is 391. The van der Waals surface area contributed by atoms with Crippen molar-refractivity contribution >= 4 is 17.4 Å². The molecule has 0 saturated heterocycles. The van der Waals surface area contributed by atoms with Gasteiger partial charge in [-0.05, 0) is 12.1 Å². The zero-order chi connectivity index (χ0) is 12.0. The molecular weight excluding hydrogens is 208 g/mol. The minimum absolute atomic E-state index is 0.00418. The number of nitrogens with two attached hydrogens (primary N) is 1. The summed E-state index contributed by atoms with van der Waals surface area (Å²) in [4.78, 5) is 21.8. The Morgan fingerprint density at radius 2 is 2.12 bits per heavy atom. The summed E-state index contributed by atoms with van der Waals surface area (Å²) < 4.78 is 0. The molecule has 1 aromatic carbocycles. The van der Waals surface area contributed by atoms with Crippen LogP contribution in [0, 0.1) is 0 Å². The van der Waals surface area contributed by atoms with E-state index in [0.29, 0.717) is 11.3 Å². The van der Waals surface area contributed by atoms with Gasteiger partial charge < -0.3 is 16.2 Å². The Morgan fingerprint density at radius 1 is 1.38 bits per heavy atom. The molecule has 0 aliphatic carbocycles. The van der Waals surface area contributed by atoms with Crippen molar-refractivity contribution in [2.24, 2.45) is 0 Å². The Hall–Kier alpha value is -1.88. The number of Topliss-reactive ketones (excluding diaryl/α,β-unsaturated/α-hetero) is 1. The van der Waals surface area contributed by atoms with Crippen LogP contribution in [0.25, 0.3) is 0 Å². The van der Waals surface area contributed by atoms with E-state index in [1.165, 1.54) is 0 Å². The van der Waals surface area contributed by atoms with Gasteiger partial charge in [-0.25, -0.2) is 0 Å². The van der Waals surface area contributed by atoms with Crippen LogP contribution >= 0.6 is 0 Å². The van der Waals surface area contributed by atoms with Crippen molar-refractivity contribution in [1.29, 1.82) is 0 Å². The highest BCUT2D eigenvalue weighted by Crippen LogP contribution is 2.06. The number of aliphatic carboxylic acids is 1. The fourth-order valence-electron chi connectivity index (χ4n) is 1.21. The minimum Gasteiger partial charge on any atom is -0.481 e. The van der Waals surface area contributed by atoms with Crippen molar-refractivity contribution in [3.05, 3.63) is 29.8 Å². The number of rotatable bonds is 6. The molecule has 5 heteroatoms. The van der Waals surface area contributed by atoms with Crippen LogP contribution < -0.4 is 11.1 Å². The number of carboxylic acid groups (broad SMARTS) is 1. The predicted molar refractivity (Wildman–Crippen MR) is 60.3 cm³/mol. The molecule has 0 heterocycles. The van der Waals surface area contributed by atoms with Gasteiger partial charge in [0, 0.05) is 17.8 Å². The first-order valence-corrected chi connectivity index (χ1v) is 4.91. The van der Waals surface area contributed by atoms with Gasteiger partial charge in [0.1, 0.15) is 0 Å². The van der Waals surface area contributed by atoms with Gasteiger partial charge in [0.05, 0.1) is 13.0 Å². The molecule has 5 nitrogen and oxygen atoms in total. The molecule has 4 N–H and O–H groups in total. The number of ketones is 1. The molecular formula is C11H14N2O3. The number of nitrogen functional groups attached to an aromatic ring is 1. The zero-order valence-corrected chi connectivity index (χ0v) is 8.77. The van der Waals surface area contributed by atoms with Crippen molar-refractivity contribution in [3.8, 4) is 0 Å². The first kappa shape index (κ1) is 12.2. The van der Waals surface area contributed by atoms with E-state index >= 15 is 0 Å². The molecule has 0 fully saturated rings. The maximum atomic E-state index is 11.6. The standard InChI is InChI=1S/C11H14N2O3/c12-9-3-1-2-8(6-9)10(14)7-13-5-4-11(15)16/h1-3,6,13H,4-5,7,12H2,(H,15,16). The Kier molecular flexibility index (Phi) is 4.47. The van der Waals surface area contributed by atoms with Crippen LogP contribution in [0.1, 0.15) is 16.8 Å². The number of hydrogen-bond donors (Lipinski definition) is 3. The summed E-state index contributed by atoms with van der Waals surface area (Å²) in [6, 6.07) is 6.69. The second-order valence-electron chi connectivity index (χ2n) is 3.37. The SMILES string of the molecule is Nc1cccc(C(=O)CNCCC(=O)O)c1. The smallest absolute Gasteiger partial charge is 0.304 e. The number of anilines is 1. The Balaban J connectivity index is 2.38. The highest BCUT2D eigenvalue weighted by molar-refractivity contribution is 5.98. The van der Waals surface area contributed by atoms with Crippen molar-refractivity contribution in [2.45, 2.75) is 6.42 Å². The van der Waals surface area contributed by atoms with Crippen molar-refractivity contribution in [3.63, 3.8) is 0 Å². The molecule has 16 heavy (non-hydrogen) atoms. The van der Waals surface area contributed by atoms with Gasteiger partial charge >= 0.3 is 5.97 Å². The first-order valence-electron chi connectivity index (χ1n) is 4.91. The fraction of sp³-hybridized carbons (Fsp3) is 0.273. The van der Waals surface area contributed by atoms with Crippen molar-refractivity contribution in [1.82, 2.24) is 5.32 Å². The summed E-state index contributed by atoms with van der Waals surface area (Å²) >= 11 is 0. The number of carbonyl (C=O) groups excluding carboxylic acids is 1. The molecule has 0 amide bonds. The predicted octanol–water partition coefficient (Wildman–Crippen LogP) is 0.516. The third-order valence-electron chi connectivity index (χ3n) is 2.01. The van der Waals surface area contributed by atoms with Crippen molar-refractivity contribution < 1.29 is 14.7 Å². The van der Waals surface area contributed by atoms with Gasteiger partial charge in [-0.3, -0.25) is 9.59 Å². The molecule has 0 saturated carbocycles. The van der Waals surface area contributed by atoms with Crippen LogP contribution in [0.5, 0.6) is 0 Å². The topological polar surface area (TPSA) is 92.4 Å². The molecule has 0 unspecified atom stereocenters. The summed E-state index contributed by atoms with van der Waals surface area (Å²) in [5.41, 5.74) is 6.61. The van der Waals surface area contributed by atoms with E-state index < -0.39 is 5.97 Å². The number of hydrogen-bond acceptors (Lipinski definition) is 4. The maximum absolute atomic E-state index is 11.6. The highest BCUT2D eigenvalue weighted by atomic mass is 16.4. The van der Waals surface area contributed by atoms with Crippen LogP contribution in [-0.4, -0.2) is 29.9 Å². The molecule has 0 spiro atoms. The number of nitrogens with one attached hydrogen (secondary N) is 1. The molecule has 0 atom stereocenters. The fourth-order valence-corrected chi connectivity index (χ4v) is 1.21. The van der Waals surface area contributed by atoms with Crippen LogP contribution in [0.3, 0.4) is 0 Å². The Labute approximate surface area is 93.3 Å². The third-order valence-corrected chi connectivity index (χ3v) is 2.01. The monoisotopic (exact) mass is 222 g/mol. The normalized spacial score (nSPS) is 10.0. The molecule has 0 aromatic heterocycles. The van der Waals surface area contributed by atoms with Crippen LogP contribution in [0.15, 0.2) is 24.3 Å². The molecule has 0 aliphatic heterocycles. The lowest BCUT2D eigenvalue weighted by Crippen LogP contribution is -2.25. The second-order valence-corrected chi connectivity index (χ2v) is 3.37. The van der Waals surface area contributed by atoms with Crippen LogP contribution in [0.2, 0.25) is 0 Å². The zero-order valence-electron chi connectivity index (χ0n) is 8.77. The van der Waals surface area contributed by atoms with Gasteiger partial charge in [0.25, 0.3) is 0 Å². The average molecular weight is 222 g/mol. The molecule has 0 aliphatic rings. The first-order chi connectivity index (χ1) is 7.59. The minimum atomic E-state index is -0.885. The molecule has 1 aromatic rings. The second kappa shape index (κ2) is 5.87. The van der Waals surface area contributed by atoms with E-state index in [1.807, 2.05) is 0 Å². The number of benzene rings is 1. The van der Waals surface area contributed by atoms with Gasteiger partial charge in [-0.15, -0.1) is 0 Å². The molecule has 0 radical (unpaired) electrons. The van der Waals surface area contributed by atoms with Crippen molar-refractivity contribution in [2.75, 3.05) is 18.8 Å². The summed E-state index contributed by atoms with van der Waals surface area (Å²) in [6.07, 6.45) is 0.00418. The van der Waals surface area contributed by atoms with Crippen LogP contribution in [-0.2, 0) is 4.79 Å². The van der Waals surface area contributed by atoms with E-state index in [4.69, 9.17) is 10.8 Å². The van der Waals surface area contributed by atoms with E-state index in [1.54, 1.807) is 24.3 Å². The lowest BCUT2D eigenvalue weighted by Gasteiger charge is -2.03. The number of carboxylic acids is 1. The van der Waals surface area contributed by atoms with Gasteiger partial charge in [-0.2, -0.15) is 0 Å². The highest BCUT2D eigenvalue weighted by Gasteiger charge is 2.05. The molecule has 86 valence electrons. The molecule has 0 bridgehead atoms. The summed E-state index contributed by atoms with van der Waals surface area (Å²) in [7, 11) is 0. The maximum Gasteiger partial charge on any atom is 0.304 e. The van der Waals surface area contributed by atoms with Crippen LogP contribution in [0.4, 0.5) is 5.69 Å². The van der Waals surface area contributed by atoms with Gasteiger partial charge in [0.15, 0.2) is 5.78 Å². The van der Waals surface area contributed by atoms with E-state index in [2.05, 4.69) is 5.32 Å². The summed E-state index contributed by atoms with van der Waals surface area (Å²) in [5, 5.41) is 11.2. The van der Waals surface area contributed by atoms with E-state index in [-0.39, 0.29) is 25.3 Å². The third kappa shape index (κ3) is 4.10. The van der Waals surface area contributed by atoms with E-state index in [9.17, 15) is 9.59 Å². The average Bonchev–Trinajstić information content (AvgIpc) is 2.24. The number of carbonyl (C=O) groups is 2. The summed E-state index contributed by atoms with van der Waals surface area (Å²) in [5.74, 6) is -0.985. The quantitative estimate of drug-likeness (QED) is 0.370. The molecule has 1 rings (SSSR count). The Morgan fingerprint density at radius 3 is 2.75 bits per heavy atom. The van der Waals surface area contributed by atoms with Gasteiger partial charge in [0.2, 0.25) is 0 Å².